The molecule has 5 heteroatoms. The molecule has 0 spiro atoms. The van der Waals surface area contributed by atoms with Crippen molar-refractivity contribution in [2.45, 2.75) is 36.8 Å². The lowest BCUT2D eigenvalue weighted by Gasteiger charge is -2.11. The van der Waals surface area contributed by atoms with Gasteiger partial charge in [-0.05, 0) is 43.7 Å². The summed E-state index contributed by atoms with van der Waals surface area (Å²) in [6, 6.07) is 3.84. The van der Waals surface area contributed by atoms with Crippen molar-refractivity contribution in [1.82, 2.24) is 4.98 Å². The van der Waals surface area contributed by atoms with Gasteiger partial charge in [0.25, 0.3) is 0 Å². The van der Waals surface area contributed by atoms with Crippen LogP contribution in [0.4, 0.5) is 5.69 Å². The van der Waals surface area contributed by atoms with Gasteiger partial charge in [0.2, 0.25) is 5.88 Å². The normalized spacial score (nSPS) is 22.6. The van der Waals surface area contributed by atoms with E-state index in [0.717, 1.165) is 30.4 Å². The topological polar surface area (TPSA) is 57.4 Å². The Morgan fingerprint density at radius 2 is 2.26 bits per heavy atom. The first kappa shape index (κ1) is 13.1. The predicted octanol–water partition coefficient (Wildman–Crippen LogP) is 2.72. The van der Waals surface area contributed by atoms with E-state index in [1.54, 1.807) is 11.8 Å². The third kappa shape index (κ3) is 3.76. The fourth-order valence-corrected chi connectivity index (χ4v) is 3.00. The lowest BCUT2D eigenvalue weighted by atomic mass is 10.3. The number of hydrogen-bond donors (Lipinski definition) is 1. The summed E-state index contributed by atoms with van der Waals surface area (Å²) in [6.45, 7) is 1.65. The van der Waals surface area contributed by atoms with Gasteiger partial charge in [0.05, 0.1) is 18.4 Å². The molecule has 1 saturated carbocycles. The third-order valence-electron chi connectivity index (χ3n) is 3.46. The second kappa shape index (κ2) is 6.01. The molecule has 1 saturated heterocycles. The monoisotopic (exact) mass is 280 g/mol. The second-order valence-electron chi connectivity index (χ2n) is 5.24. The molecule has 0 bridgehead atoms. The first-order chi connectivity index (χ1) is 9.31. The SMILES string of the molecule is Nc1ccc(SCC2CCCO2)nc1OCC1CC1. The van der Waals surface area contributed by atoms with E-state index in [1.165, 1.54) is 19.3 Å². The van der Waals surface area contributed by atoms with Crippen LogP contribution in [0.25, 0.3) is 0 Å². The number of nitrogens with two attached hydrogens (primary N) is 1. The van der Waals surface area contributed by atoms with E-state index in [4.69, 9.17) is 15.2 Å². The van der Waals surface area contributed by atoms with Gasteiger partial charge in [0.1, 0.15) is 5.03 Å². The van der Waals surface area contributed by atoms with Crippen LogP contribution in [0.1, 0.15) is 25.7 Å². The minimum atomic E-state index is 0.375. The number of nitrogen functional groups attached to an aromatic ring is 1. The van der Waals surface area contributed by atoms with Crippen molar-refractivity contribution >= 4 is 17.4 Å². The van der Waals surface area contributed by atoms with Crippen LogP contribution in [0, 0.1) is 5.92 Å². The zero-order valence-electron chi connectivity index (χ0n) is 11.0. The number of rotatable bonds is 6. The number of ether oxygens (including phenoxy) is 2. The van der Waals surface area contributed by atoms with Crippen LogP contribution >= 0.6 is 11.8 Å². The fourth-order valence-electron chi connectivity index (χ4n) is 2.07. The lowest BCUT2D eigenvalue weighted by molar-refractivity contribution is 0.129. The van der Waals surface area contributed by atoms with Crippen molar-refractivity contribution in [1.29, 1.82) is 0 Å². The minimum absolute atomic E-state index is 0.375. The molecule has 4 nitrogen and oxygen atoms in total. The van der Waals surface area contributed by atoms with Gasteiger partial charge in [0, 0.05) is 12.4 Å². The Balaban J connectivity index is 1.55. The average Bonchev–Trinajstić information content (AvgIpc) is 3.10. The smallest absolute Gasteiger partial charge is 0.238 e. The number of thioether (sulfide) groups is 1. The molecule has 1 aromatic rings. The van der Waals surface area contributed by atoms with Crippen LogP contribution in [0.5, 0.6) is 5.88 Å². The van der Waals surface area contributed by atoms with E-state index in [2.05, 4.69) is 4.98 Å². The molecule has 2 N–H and O–H groups in total. The first-order valence-corrected chi connectivity index (χ1v) is 7.93. The van der Waals surface area contributed by atoms with Crippen molar-refractivity contribution in [3.63, 3.8) is 0 Å². The summed E-state index contributed by atoms with van der Waals surface area (Å²) in [5, 5.41) is 0.968. The highest BCUT2D eigenvalue weighted by Gasteiger charge is 2.22. The Hall–Kier alpha value is -0.940. The van der Waals surface area contributed by atoms with Crippen LogP contribution in [-0.4, -0.2) is 30.1 Å². The molecular weight excluding hydrogens is 260 g/mol. The molecule has 2 heterocycles. The molecule has 0 radical (unpaired) electrons. The summed E-state index contributed by atoms with van der Waals surface area (Å²) in [5.74, 6) is 2.26. The van der Waals surface area contributed by atoms with Crippen LogP contribution in [0.3, 0.4) is 0 Å². The Bertz CT molecular complexity index is 431. The number of pyridine rings is 1. The van der Waals surface area contributed by atoms with Crippen LogP contribution in [0.2, 0.25) is 0 Å². The van der Waals surface area contributed by atoms with Crippen molar-refractivity contribution < 1.29 is 9.47 Å². The van der Waals surface area contributed by atoms with E-state index in [9.17, 15) is 0 Å². The van der Waals surface area contributed by atoms with Crippen molar-refractivity contribution in [3.05, 3.63) is 12.1 Å². The van der Waals surface area contributed by atoms with Gasteiger partial charge >= 0.3 is 0 Å². The highest BCUT2D eigenvalue weighted by Crippen LogP contribution is 2.31. The summed E-state index contributed by atoms with van der Waals surface area (Å²) in [5.41, 5.74) is 6.52. The van der Waals surface area contributed by atoms with Gasteiger partial charge in [-0.1, -0.05) is 0 Å². The molecule has 1 unspecified atom stereocenters. The quantitative estimate of drug-likeness (QED) is 0.812. The van der Waals surface area contributed by atoms with Crippen LogP contribution < -0.4 is 10.5 Å². The summed E-state index contributed by atoms with van der Waals surface area (Å²) in [4.78, 5) is 4.49. The van der Waals surface area contributed by atoms with Gasteiger partial charge < -0.3 is 15.2 Å². The number of anilines is 1. The zero-order valence-corrected chi connectivity index (χ0v) is 11.8. The maximum Gasteiger partial charge on any atom is 0.238 e. The molecule has 1 aliphatic heterocycles. The Morgan fingerprint density at radius 1 is 1.37 bits per heavy atom. The van der Waals surface area contributed by atoms with E-state index >= 15 is 0 Å². The standard InChI is InChI=1S/C14H20N2O2S/c15-12-5-6-13(19-9-11-2-1-7-17-11)16-14(12)18-8-10-3-4-10/h5-6,10-11H,1-4,7-9,15H2. The van der Waals surface area contributed by atoms with Crippen LogP contribution in [-0.2, 0) is 4.74 Å². The molecule has 2 aliphatic rings. The molecular formula is C14H20N2O2S. The second-order valence-corrected chi connectivity index (χ2v) is 6.28. The molecule has 0 aromatic carbocycles. The van der Waals surface area contributed by atoms with Gasteiger partial charge in [-0.2, -0.15) is 0 Å². The Kier molecular flexibility index (Phi) is 4.13. The highest BCUT2D eigenvalue weighted by molar-refractivity contribution is 7.99. The molecule has 1 atom stereocenters. The van der Waals surface area contributed by atoms with E-state index < -0.39 is 0 Å². The molecule has 0 amide bonds. The van der Waals surface area contributed by atoms with Gasteiger partial charge in [-0.15, -0.1) is 11.8 Å². The lowest BCUT2D eigenvalue weighted by Crippen LogP contribution is -2.08. The average molecular weight is 280 g/mol. The minimum Gasteiger partial charge on any atom is -0.476 e. The summed E-state index contributed by atoms with van der Waals surface area (Å²) in [6.07, 6.45) is 5.25. The number of aromatic nitrogens is 1. The molecule has 1 aliphatic carbocycles. The maximum absolute atomic E-state index is 5.89. The van der Waals surface area contributed by atoms with E-state index in [-0.39, 0.29) is 0 Å². The Labute approximate surface area is 118 Å². The summed E-state index contributed by atoms with van der Waals surface area (Å²) in [7, 11) is 0. The first-order valence-electron chi connectivity index (χ1n) is 6.95. The van der Waals surface area contributed by atoms with Gasteiger partial charge in [-0.3, -0.25) is 0 Å². The molecule has 2 fully saturated rings. The molecule has 1 aromatic heterocycles. The van der Waals surface area contributed by atoms with Crippen molar-refractivity contribution in [2.75, 3.05) is 24.7 Å². The van der Waals surface area contributed by atoms with Crippen molar-refractivity contribution in [3.8, 4) is 5.88 Å². The molecule has 3 rings (SSSR count). The van der Waals surface area contributed by atoms with Crippen LogP contribution in [0.15, 0.2) is 17.2 Å². The molecule has 19 heavy (non-hydrogen) atoms. The third-order valence-corrected chi connectivity index (χ3v) is 4.52. The van der Waals surface area contributed by atoms with Gasteiger partial charge in [0.15, 0.2) is 0 Å². The van der Waals surface area contributed by atoms with E-state index in [1.807, 2.05) is 12.1 Å². The summed E-state index contributed by atoms with van der Waals surface area (Å²) >= 11 is 1.72. The van der Waals surface area contributed by atoms with Gasteiger partial charge in [-0.25, -0.2) is 4.98 Å². The largest absolute Gasteiger partial charge is 0.476 e. The van der Waals surface area contributed by atoms with Crippen molar-refractivity contribution in [2.24, 2.45) is 5.92 Å². The maximum atomic E-state index is 5.89. The highest BCUT2D eigenvalue weighted by atomic mass is 32.2. The fraction of sp³-hybridized carbons (Fsp3) is 0.643. The number of nitrogens with zero attached hydrogens (tertiary/aromatic N) is 1. The molecule has 104 valence electrons. The number of hydrogen-bond acceptors (Lipinski definition) is 5. The predicted molar refractivity (Wildman–Crippen MR) is 76.6 cm³/mol. The zero-order chi connectivity index (χ0) is 13.1. The summed E-state index contributed by atoms with van der Waals surface area (Å²) < 4.78 is 11.3. The Morgan fingerprint density at radius 3 is 3.00 bits per heavy atom. The van der Waals surface area contributed by atoms with E-state index in [0.29, 0.717) is 23.6 Å².